The summed E-state index contributed by atoms with van der Waals surface area (Å²) in [6.07, 6.45) is 6.30. The second kappa shape index (κ2) is 12.3. The van der Waals surface area contributed by atoms with Gasteiger partial charge in [0.05, 0.1) is 0 Å². The van der Waals surface area contributed by atoms with E-state index in [1.54, 1.807) is 29.9 Å². The Kier molecular flexibility index (Phi) is 8.91. The summed E-state index contributed by atoms with van der Waals surface area (Å²) in [5.41, 5.74) is 2.37. The van der Waals surface area contributed by atoms with Crippen molar-refractivity contribution in [1.29, 1.82) is 0 Å². The number of hydrogen-bond acceptors (Lipinski definition) is 6. The fourth-order valence-corrected chi connectivity index (χ4v) is 6.90. The normalized spacial score (nSPS) is 16.4. The van der Waals surface area contributed by atoms with Crippen molar-refractivity contribution >= 4 is 39.0 Å². The van der Waals surface area contributed by atoms with E-state index in [-0.39, 0.29) is 29.9 Å². The highest BCUT2D eigenvalue weighted by Gasteiger charge is 2.41. The van der Waals surface area contributed by atoms with E-state index in [4.69, 9.17) is 0 Å². The van der Waals surface area contributed by atoms with E-state index >= 15 is 0 Å². The van der Waals surface area contributed by atoms with Crippen molar-refractivity contribution in [3.8, 4) is 11.1 Å². The van der Waals surface area contributed by atoms with Gasteiger partial charge in [-0.3, -0.25) is 9.78 Å². The lowest BCUT2D eigenvalue weighted by atomic mass is 10.1. The van der Waals surface area contributed by atoms with Gasteiger partial charge in [-0.15, -0.1) is 11.3 Å². The molecule has 9 nitrogen and oxygen atoms in total. The van der Waals surface area contributed by atoms with Gasteiger partial charge in [-0.1, -0.05) is 38.0 Å². The number of thiophene rings is 1. The zero-order chi connectivity index (χ0) is 26.3. The molecule has 0 radical (unpaired) electrons. The van der Waals surface area contributed by atoms with Crippen LogP contribution in [-0.4, -0.2) is 66.8 Å². The maximum absolute atomic E-state index is 13.5. The highest BCUT2D eigenvalue weighted by Crippen LogP contribution is 2.27. The smallest absolute Gasteiger partial charge is 0.317 e. The Balaban J connectivity index is 1.55. The number of amides is 3. The van der Waals surface area contributed by atoms with Crippen molar-refractivity contribution < 1.29 is 18.0 Å². The minimum atomic E-state index is -3.90. The summed E-state index contributed by atoms with van der Waals surface area (Å²) in [6.45, 7) is 2.81. The van der Waals surface area contributed by atoms with E-state index in [0.29, 0.717) is 12.2 Å². The SMILES string of the molecule is CCCCCNC(=O)N1CCN(S(=O)(=O)c2cccs2)[C@H](C(=O)Nc2cccc(-c3ccncc3)c2)C1. The number of nitrogens with one attached hydrogen (secondary N) is 2. The Bertz CT molecular complexity index is 1300. The molecule has 3 heterocycles. The average molecular weight is 542 g/mol. The van der Waals surface area contributed by atoms with Crippen LogP contribution in [-0.2, 0) is 14.8 Å². The zero-order valence-corrected chi connectivity index (χ0v) is 22.3. The Morgan fingerprint density at radius 2 is 1.86 bits per heavy atom. The molecular formula is C26H31N5O4S2. The molecule has 3 aromatic rings. The number of anilines is 1. The number of unbranched alkanes of at least 4 members (excludes halogenated alkanes) is 2. The van der Waals surface area contributed by atoms with Gasteiger partial charge in [0.1, 0.15) is 10.3 Å². The first-order valence-corrected chi connectivity index (χ1v) is 14.6. The lowest BCUT2D eigenvalue weighted by Crippen LogP contribution is -2.61. The third kappa shape index (κ3) is 6.54. The molecule has 1 saturated heterocycles. The van der Waals surface area contributed by atoms with E-state index < -0.39 is 22.0 Å². The van der Waals surface area contributed by atoms with Gasteiger partial charge in [0, 0.05) is 44.3 Å². The van der Waals surface area contributed by atoms with Crippen LogP contribution in [0.5, 0.6) is 0 Å². The monoisotopic (exact) mass is 541 g/mol. The first-order chi connectivity index (χ1) is 17.9. The molecule has 0 saturated carbocycles. The van der Waals surface area contributed by atoms with Gasteiger partial charge >= 0.3 is 6.03 Å². The third-order valence-electron chi connectivity index (χ3n) is 6.18. The summed E-state index contributed by atoms with van der Waals surface area (Å²) >= 11 is 1.10. The molecule has 1 fully saturated rings. The van der Waals surface area contributed by atoms with Crippen LogP contribution < -0.4 is 10.6 Å². The predicted molar refractivity (Wildman–Crippen MR) is 145 cm³/mol. The first-order valence-electron chi connectivity index (χ1n) is 12.3. The molecule has 196 valence electrons. The molecule has 4 rings (SSSR count). The van der Waals surface area contributed by atoms with Crippen LogP contribution in [0, 0.1) is 0 Å². The minimum absolute atomic E-state index is 0.0256. The van der Waals surface area contributed by atoms with Crippen LogP contribution in [0.15, 0.2) is 70.5 Å². The number of nitrogens with zero attached hydrogens (tertiary/aromatic N) is 3. The molecule has 3 amide bonds. The summed E-state index contributed by atoms with van der Waals surface area (Å²) in [4.78, 5) is 31.9. The molecule has 1 aliphatic heterocycles. The maximum Gasteiger partial charge on any atom is 0.317 e. The number of urea groups is 1. The molecule has 0 spiro atoms. The lowest BCUT2D eigenvalue weighted by molar-refractivity contribution is -0.121. The van der Waals surface area contributed by atoms with Crippen LogP contribution in [0.2, 0.25) is 0 Å². The molecule has 0 unspecified atom stereocenters. The Morgan fingerprint density at radius 3 is 2.59 bits per heavy atom. The van der Waals surface area contributed by atoms with E-state index in [2.05, 4.69) is 22.5 Å². The lowest BCUT2D eigenvalue weighted by Gasteiger charge is -2.39. The number of sulfonamides is 1. The number of carbonyl (C=O) groups is 2. The Hall–Kier alpha value is -3.28. The number of rotatable bonds is 9. The maximum atomic E-state index is 13.5. The van der Waals surface area contributed by atoms with Gasteiger partial charge in [-0.05, 0) is 53.3 Å². The number of pyridine rings is 1. The van der Waals surface area contributed by atoms with E-state index in [1.165, 1.54) is 15.3 Å². The standard InChI is InChI=1S/C26H31N5O4S2/c1-2-3-4-12-28-26(33)30-15-16-31(37(34,35)24-9-6-17-36-24)23(19-30)25(32)29-22-8-5-7-21(18-22)20-10-13-27-14-11-20/h5-11,13-14,17-18,23H,2-4,12,15-16,19H2,1H3,(H,28,33)(H,29,32)/t23-/m0/s1. The molecular weight excluding hydrogens is 510 g/mol. The second-order valence-electron chi connectivity index (χ2n) is 8.75. The third-order valence-corrected chi connectivity index (χ3v) is 9.46. The van der Waals surface area contributed by atoms with E-state index in [9.17, 15) is 18.0 Å². The van der Waals surface area contributed by atoms with Crippen molar-refractivity contribution in [2.75, 3.05) is 31.5 Å². The first kappa shape index (κ1) is 26.8. The number of carbonyl (C=O) groups excluding carboxylic acids is 2. The van der Waals surface area contributed by atoms with Crippen molar-refractivity contribution in [3.63, 3.8) is 0 Å². The van der Waals surface area contributed by atoms with Gasteiger partial charge in [0.15, 0.2) is 0 Å². The number of benzene rings is 1. The zero-order valence-electron chi connectivity index (χ0n) is 20.7. The molecule has 1 atom stereocenters. The van der Waals surface area contributed by atoms with E-state index in [1.807, 2.05) is 30.3 Å². The fourth-order valence-electron chi connectivity index (χ4n) is 4.21. The molecule has 2 aromatic heterocycles. The van der Waals surface area contributed by atoms with Gasteiger partial charge in [0.2, 0.25) is 5.91 Å². The van der Waals surface area contributed by atoms with Gasteiger partial charge < -0.3 is 15.5 Å². The van der Waals surface area contributed by atoms with Crippen molar-refractivity contribution in [3.05, 3.63) is 66.3 Å². The van der Waals surface area contributed by atoms with Crippen LogP contribution in [0.25, 0.3) is 11.1 Å². The van der Waals surface area contributed by atoms with Crippen LogP contribution in [0.3, 0.4) is 0 Å². The summed E-state index contributed by atoms with van der Waals surface area (Å²) < 4.78 is 28.2. The number of aromatic nitrogens is 1. The Morgan fingerprint density at radius 1 is 1.05 bits per heavy atom. The van der Waals surface area contributed by atoms with Crippen LogP contribution in [0.1, 0.15) is 26.2 Å². The molecule has 11 heteroatoms. The summed E-state index contributed by atoms with van der Waals surface area (Å²) in [5.74, 6) is -0.490. The molecule has 0 bridgehead atoms. The number of piperazine rings is 1. The summed E-state index contributed by atoms with van der Waals surface area (Å²) in [6, 6.07) is 12.9. The highest BCUT2D eigenvalue weighted by atomic mass is 32.2. The minimum Gasteiger partial charge on any atom is -0.338 e. The Labute approximate surface area is 221 Å². The highest BCUT2D eigenvalue weighted by molar-refractivity contribution is 7.91. The quantitative estimate of drug-likeness (QED) is 0.398. The molecule has 0 aliphatic carbocycles. The van der Waals surface area contributed by atoms with Gasteiger partial charge in [0.25, 0.3) is 10.0 Å². The van der Waals surface area contributed by atoms with Crippen molar-refractivity contribution in [2.24, 2.45) is 0 Å². The van der Waals surface area contributed by atoms with Crippen LogP contribution >= 0.6 is 11.3 Å². The average Bonchev–Trinajstić information content (AvgIpc) is 3.47. The predicted octanol–water partition coefficient (Wildman–Crippen LogP) is 4.02. The molecule has 37 heavy (non-hydrogen) atoms. The molecule has 1 aliphatic rings. The van der Waals surface area contributed by atoms with Crippen molar-refractivity contribution in [1.82, 2.24) is 19.5 Å². The van der Waals surface area contributed by atoms with Crippen molar-refractivity contribution in [2.45, 2.75) is 36.4 Å². The van der Waals surface area contributed by atoms with Gasteiger partial charge in [-0.25, -0.2) is 13.2 Å². The molecule has 1 aromatic carbocycles. The van der Waals surface area contributed by atoms with E-state index in [0.717, 1.165) is 41.7 Å². The molecule has 2 N–H and O–H groups in total. The topological polar surface area (TPSA) is 112 Å². The fraction of sp³-hybridized carbons (Fsp3) is 0.346. The van der Waals surface area contributed by atoms with Crippen LogP contribution in [0.4, 0.5) is 10.5 Å². The van der Waals surface area contributed by atoms with Gasteiger partial charge in [-0.2, -0.15) is 4.31 Å². The second-order valence-corrected chi connectivity index (χ2v) is 11.8. The summed E-state index contributed by atoms with van der Waals surface area (Å²) in [5, 5.41) is 7.45. The largest absolute Gasteiger partial charge is 0.338 e. The number of hydrogen-bond donors (Lipinski definition) is 2. The summed E-state index contributed by atoms with van der Waals surface area (Å²) in [7, 11) is -3.90.